The van der Waals surface area contributed by atoms with Gasteiger partial charge in [0.1, 0.15) is 11.6 Å². The number of hydrogen-bond acceptors (Lipinski definition) is 3. The fraction of sp³-hybridized carbons (Fsp3) is 0.0769. The lowest BCUT2D eigenvalue weighted by Crippen LogP contribution is -2.12. The Hall–Kier alpha value is -2.21. The second-order valence-corrected chi connectivity index (χ2v) is 4.15. The summed E-state index contributed by atoms with van der Waals surface area (Å²) in [6, 6.07) is 8.38. The van der Waals surface area contributed by atoms with E-state index < -0.39 is 12.5 Å². The first-order valence-electron chi connectivity index (χ1n) is 5.52. The molecule has 0 aliphatic heterocycles. The summed E-state index contributed by atoms with van der Waals surface area (Å²) < 4.78 is 28.2. The predicted octanol–water partition coefficient (Wildman–Crippen LogP) is 3.59. The first kappa shape index (κ1) is 14.2. The van der Waals surface area contributed by atoms with E-state index >= 15 is 0 Å². The zero-order chi connectivity index (χ0) is 14.5. The molecule has 0 saturated carbocycles. The molecular weight excluding hydrogens is 290 g/mol. The fourth-order valence-corrected chi connectivity index (χ4v) is 1.61. The standard InChI is InChI=1S/C13H9ClF2N2O2/c14-9-5-6-17-11(7-9)18-12(19)8-1-3-10(4-2-8)20-13(15)16/h1-7,13H,(H,17,18,19). The van der Waals surface area contributed by atoms with Gasteiger partial charge in [0.2, 0.25) is 0 Å². The van der Waals surface area contributed by atoms with Crippen molar-refractivity contribution >= 4 is 23.3 Å². The van der Waals surface area contributed by atoms with Crippen molar-refractivity contribution in [3.05, 3.63) is 53.2 Å². The van der Waals surface area contributed by atoms with Gasteiger partial charge < -0.3 is 10.1 Å². The quantitative estimate of drug-likeness (QED) is 0.938. The van der Waals surface area contributed by atoms with Crippen LogP contribution in [0.15, 0.2) is 42.6 Å². The van der Waals surface area contributed by atoms with E-state index in [1.807, 2.05) is 0 Å². The zero-order valence-corrected chi connectivity index (χ0v) is 10.8. The van der Waals surface area contributed by atoms with Crippen LogP contribution in [0.2, 0.25) is 5.02 Å². The Kier molecular flexibility index (Phi) is 4.47. The number of benzene rings is 1. The Bertz CT molecular complexity index is 606. The second kappa shape index (κ2) is 6.29. The van der Waals surface area contributed by atoms with Crippen LogP contribution < -0.4 is 10.1 Å². The van der Waals surface area contributed by atoms with Crippen LogP contribution in [0, 0.1) is 0 Å². The van der Waals surface area contributed by atoms with Gasteiger partial charge in [-0.15, -0.1) is 0 Å². The van der Waals surface area contributed by atoms with E-state index in [1.54, 1.807) is 6.07 Å². The molecule has 1 heterocycles. The third kappa shape index (κ3) is 3.89. The lowest BCUT2D eigenvalue weighted by molar-refractivity contribution is -0.0498. The van der Waals surface area contributed by atoms with E-state index in [9.17, 15) is 13.6 Å². The number of carbonyl (C=O) groups excluding carboxylic acids is 1. The molecule has 20 heavy (non-hydrogen) atoms. The molecule has 104 valence electrons. The lowest BCUT2D eigenvalue weighted by Gasteiger charge is -2.06. The monoisotopic (exact) mass is 298 g/mol. The van der Waals surface area contributed by atoms with Crippen molar-refractivity contribution in [3.8, 4) is 5.75 Å². The second-order valence-electron chi connectivity index (χ2n) is 3.72. The predicted molar refractivity (Wildman–Crippen MR) is 70.3 cm³/mol. The molecule has 4 nitrogen and oxygen atoms in total. The van der Waals surface area contributed by atoms with Crippen LogP contribution in [-0.2, 0) is 0 Å². The lowest BCUT2D eigenvalue weighted by atomic mass is 10.2. The number of carbonyl (C=O) groups is 1. The summed E-state index contributed by atoms with van der Waals surface area (Å²) in [4.78, 5) is 15.8. The molecule has 2 aromatic rings. The van der Waals surface area contributed by atoms with Crippen LogP contribution >= 0.6 is 11.6 Å². The Morgan fingerprint density at radius 2 is 1.95 bits per heavy atom. The molecule has 7 heteroatoms. The first-order valence-corrected chi connectivity index (χ1v) is 5.90. The minimum atomic E-state index is -2.90. The van der Waals surface area contributed by atoms with Gasteiger partial charge in [-0.05, 0) is 36.4 Å². The fourth-order valence-electron chi connectivity index (χ4n) is 1.45. The maximum Gasteiger partial charge on any atom is 0.387 e. The molecule has 1 amide bonds. The smallest absolute Gasteiger partial charge is 0.387 e. The van der Waals surface area contributed by atoms with Gasteiger partial charge >= 0.3 is 6.61 Å². The largest absolute Gasteiger partial charge is 0.435 e. The third-order valence-electron chi connectivity index (χ3n) is 2.31. The summed E-state index contributed by atoms with van der Waals surface area (Å²) in [6.45, 7) is -2.90. The summed E-state index contributed by atoms with van der Waals surface area (Å²) in [7, 11) is 0. The summed E-state index contributed by atoms with van der Waals surface area (Å²) >= 11 is 5.76. The van der Waals surface area contributed by atoms with E-state index in [0.29, 0.717) is 10.8 Å². The number of halogens is 3. The zero-order valence-electron chi connectivity index (χ0n) is 10.0. The van der Waals surface area contributed by atoms with Crippen molar-refractivity contribution in [1.29, 1.82) is 0 Å². The highest BCUT2D eigenvalue weighted by Gasteiger charge is 2.09. The van der Waals surface area contributed by atoms with Crippen LogP contribution in [0.25, 0.3) is 0 Å². The highest BCUT2D eigenvalue weighted by molar-refractivity contribution is 6.30. The Balaban J connectivity index is 2.06. The number of nitrogens with zero attached hydrogens (tertiary/aromatic N) is 1. The van der Waals surface area contributed by atoms with Crippen molar-refractivity contribution in [2.75, 3.05) is 5.32 Å². The van der Waals surface area contributed by atoms with Crippen molar-refractivity contribution in [2.24, 2.45) is 0 Å². The molecule has 0 saturated heterocycles. The molecule has 0 unspecified atom stereocenters. The van der Waals surface area contributed by atoms with E-state index in [4.69, 9.17) is 11.6 Å². The van der Waals surface area contributed by atoms with Crippen LogP contribution in [0.4, 0.5) is 14.6 Å². The maximum absolute atomic E-state index is 12.0. The minimum absolute atomic E-state index is 0.0163. The molecule has 0 aliphatic rings. The Morgan fingerprint density at radius 1 is 1.25 bits per heavy atom. The van der Waals surface area contributed by atoms with Crippen molar-refractivity contribution in [2.45, 2.75) is 6.61 Å². The SMILES string of the molecule is O=C(Nc1cc(Cl)ccn1)c1ccc(OC(F)F)cc1. The number of anilines is 1. The summed E-state index contributed by atoms with van der Waals surface area (Å²) in [6.07, 6.45) is 1.46. The molecule has 1 aromatic carbocycles. The number of rotatable bonds is 4. The number of nitrogens with one attached hydrogen (secondary N) is 1. The van der Waals surface area contributed by atoms with Gasteiger partial charge in [-0.1, -0.05) is 11.6 Å². The van der Waals surface area contributed by atoms with Gasteiger partial charge in [0.25, 0.3) is 5.91 Å². The molecule has 0 bridgehead atoms. The number of aromatic nitrogens is 1. The molecule has 1 N–H and O–H groups in total. The van der Waals surface area contributed by atoms with Crippen LogP contribution in [-0.4, -0.2) is 17.5 Å². The molecule has 1 aromatic heterocycles. The molecule has 0 atom stereocenters. The summed E-state index contributed by atoms with van der Waals surface area (Å²) in [5.41, 5.74) is 0.286. The number of ether oxygens (including phenoxy) is 1. The number of pyridine rings is 1. The molecule has 2 rings (SSSR count). The van der Waals surface area contributed by atoms with Gasteiger partial charge in [-0.3, -0.25) is 4.79 Å². The maximum atomic E-state index is 12.0. The first-order chi connectivity index (χ1) is 9.54. The Morgan fingerprint density at radius 3 is 2.55 bits per heavy atom. The van der Waals surface area contributed by atoms with Gasteiger partial charge in [0.15, 0.2) is 0 Å². The highest BCUT2D eigenvalue weighted by atomic mass is 35.5. The van der Waals surface area contributed by atoms with E-state index in [0.717, 1.165) is 0 Å². The summed E-state index contributed by atoms with van der Waals surface area (Å²) in [5.74, 6) is -0.142. The average molecular weight is 299 g/mol. The third-order valence-corrected chi connectivity index (χ3v) is 2.54. The highest BCUT2D eigenvalue weighted by Crippen LogP contribution is 2.16. The van der Waals surface area contributed by atoms with Crippen LogP contribution in [0.3, 0.4) is 0 Å². The van der Waals surface area contributed by atoms with Crippen molar-refractivity contribution in [3.63, 3.8) is 0 Å². The van der Waals surface area contributed by atoms with Crippen LogP contribution in [0.5, 0.6) is 5.75 Å². The number of hydrogen-bond donors (Lipinski definition) is 1. The summed E-state index contributed by atoms with van der Waals surface area (Å²) in [5, 5.41) is 2.98. The molecule has 0 fully saturated rings. The number of alkyl halides is 2. The van der Waals surface area contributed by atoms with Crippen molar-refractivity contribution in [1.82, 2.24) is 4.98 Å². The van der Waals surface area contributed by atoms with E-state index in [-0.39, 0.29) is 11.3 Å². The molecular formula is C13H9ClF2N2O2. The van der Waals surface area contributed by atoms with Gasteiger partial charge in [0, 0.05) is 16.8 Å². The topological polar surface area (TPSA) is 51.2 Å². The number of amides is 1. The van der Waals surface area contributed by atoms with Gasteiger partial charge in [0.05, 0.1) is 0 Å². The molecule has 0 radical (unpaired) electrons. The normalized spacial score (nSPS) is 10.4. The molecule has 0 aliphatic carbocycles. The van der Waals surface area contributed by atoms with Gasteiger partial charge in [-0.2, -0.15) is 8.78 Å². The van der Waals surface area contributed by atoms with E-state index in [2.05, 4.69) is 15.0 Å². The molecule has 0 spiro atoms. The Labute approximate surface area is 118 Å². The van der Waals surface area contributed by atoms with E-state index in [1.165, 1.54) is 36.5 Å². The van der Waals surface area contributed by atoms with Crippen LogP contribution in [0.1, 0.15) is 10.4 Å². The van der Waals surface area contributed by atoms with Gasteiger partial charge in [-0.25, -0.2) is 4.98 Å². The average Bonchev–Trinajstić information content (AvgIpc) is 2.38. The minimum Gasteiger partial charge on any atom is -0.435 e. The van der Waals surface area contributed by atoms with Crippen molar-refractivity contribution < 1.29 is 18.3 Å².